The van der Waals surface area contributed by atoms with E-state index < -0.39 is 48.0 Å². The molecule has 0 saturated carbocycles. The Kier molecular flexibility index (Phi) is 5.91. The van der Waals surface area contributed by atoms with Gasteiger partial charge in [-0.3, -0.25) is 9.79 Å². The second-order valence-electron chi connectivity index (χ2n) is 5.61. The molecule has 0 aliphatic carbocycles. The van der Waals surface area contributed by atoms with Gasteiger partial charge in [-0.25, -0.2) is 22.6 Å². The highest BCUT2D eigenvalue weighted by molar-refractivity contribution is 6.12. The number of rotatable bonds is 4. The van der Waals surface area contributed by atoms with E-state index in [1.807, 2.05) is 0 Å². The molecule has 1 atom stereocenters. The molecule has 5 nitrogen and oxygen atoms in total. The van der Waals surface area contributed by atoms with Gasteiger partial charge in [-0.15, -0.1) is 0 Å². The van der Waals surface area contributed by atoms with Crippen LogP contribution in [-0.4, -0.2) is 55.0 Å². The largest absolute Gasteiger partial charge is 0.328 e. The third-order valence-electron chi connectivity index (χ3n) is 4.10. The van der Waals surface area contributed by atoms with E-state index in [1.54, 1.807) is 0 Å². The summed E-state index contributed by atoms with van der Waals surface area (Å²) in [6, 6.07) is 0.346. The summed E-state index contributed by atoms with van der Waals surface area (Å²) in [6.45, 7) is 2.61. The molecule has 1 fully saturated rings. The lowest BCUT2D eigenvalue weighted by atomic mass is 10.0. The maximum Gasteiger partial charge on any atom is 0.271 e. The number of halogens is 4. The Labute approximate surface area is 147 Å². The lowest BCUT2D eigenvalue weighted by Crippen LogP contribution is -2.47. The summed E-state index contributed by atoms with van der Waals surface area (Å²) in [5.74, 6) is -7.08. The third kappa shape index (κ3) is 3.52. The van der Waals surface area contributed by atoms with Crippen LogP contribution in [0.1, 0.15) is 22.3 Å². The molecule has 1 unspecified atom stereocenters. The number of hydrogen-bond donors (Lipinski definition) is 1. The zero-order valence-corrected chi connectivity index (χ0v) is 14.1. The summed E-state index contributed by atoms with van der Waals surface area (Å²) in [5.41, 5.74) is 4.56. The Balaban J connectivity index is 2.58. The average Bonchev–Trinajstić information content (AvgIpc) is 2.92. The molecule has 0 bridgehead atoms. The molecule has 0 aromatic heterocycles. The van der Waals surface area contributed by atoms with Gasteiger partial charge in [0.05, 0.1) is 5.56 Å². The fraction of sp³-hybridized carbons (Fsp3) is 0.353. The number of nitrogens with two attached hydrogens (primary N) is 1. The first kappa shape index (κ1) is 19.8. The fourth-order valence-electron chi connectivity index (χ4n) is 2.82. The summed E-state index contributed by atoms with van der Waals surface area (Å²) in [7, 11) is 1.35. The van der Waals surface area contributed by atoms with Crippen LogP contribution in [0.15, 0.2) is 34.8 Å². The van der Waals surface area contributed by atoms with Crippen LogP contribution in [0.25, 0.3) is 0 Å². The zero-order valence-electron chi connectivity index (χ0n) is 14.1. The predicted molar refractivity (Wildman–Crippen MR) is 91.0 cm³/mol. The minimum Gasteiger partial charge on any atom is -0.328 e. The normalized spacial score (nSPS) is 20.0. The minimum absolute atomic E-state index is 0.0672. The molecule has 1 amide bonds. The molecule has 9 heteroatoms. The highest BCUT2D eigenvalue weighted by Gasteiger charge is 2.50. The Morgan fingerprint density at radius 2 is 2.15 bits per heavy atom. The van der Waals surface area contributed by atoms with Crippen molar-refractivity contribution in [1.29, 1.82) is 0 Å². The smallest absolute Gasteiger partial charge is 0.271 e. The number of likely N-dealkylation sites (tertiary alicyclic amines) is 1. The number of aliphatic imine (C=N–C) groups is 2. The standard InChI is InChI=1S/C17H18F4N4O/c1-3-7-24-15(23-2)10-4-5-11(18)14(19)13(10)16(26)25-8-6-17(20,21)12(25)9-22/h3-5,7,12H,1,6,8-9,22H2,2H3. The van der Waals surface area contributed by atoms with E-state index in [1.165, 1.54) is 19.3 Å². The van der Waals surface area contributed by atoms with E-state index in [9.17, 15) is 22.4 Å². The highest BCUT2D eigenvalue weighted by atomic mass is 19.3. The first-order valence-corrected chi connectivity index (χ1v) is 7.77. The van der Waals surface area contributed by atoms with Gasteiger partial charge in [0.2, 0.25) is 0 Å². The summed E-state index contributed by atoms with van der Waals surface area (Å²) < 4.78 is 56.0. The zero-order chi connectivity index (χ0) is 19.5. The molecule has 1 aliphatic heterocycles. The van der Waals surface area contributed by atoms with Gasteiger partial charge in [0.25, 0.3) is 11.8 Å². The van der Waals surface area contributed by atoms with Crippen molar-refractivity contribution in [3.05, 3.63) is 47.5 Å². The summed E-state index contributed by atoms with van der Waals surface area (Å²) >= 11 is 0. The van der Waals surface area contributed by atoms with Gasteiger partial charge in [0.1, 0.15) is 6.04 Å². The maximum atomic E-state index is 14.4. The second-order valence-corrected chi connectivity index (χ2v) is 5.61. The Morgan fingerprint density at radius 1 is 1.46 bits per heavy atom. The van der Waals surface area contributed by atoms with Gasteiger partial charge in [0, 0.05) is 38.3 Å². The van der Waals surface area contributed by atoms with Gasteiger partial charge >= 0.3 is 0 Å². The summed E-state index contributed by atoms with van der Waals surface area (Å²) in [5, 5.41) is 0. The van der Waals surface area contributed by atoms with E-state index in [2.05, 4.69) is 16.6 Å². The number of carbonyl (C=O) groups is 1. The van der Waals surface area contributed by atoms with Crippen molar-refractivity contribution in [1.82, 2.24) is 4.90 Å². The van der Waals surface area contributed by atoms with Crippen LogP contribution in [0.2, 0.25) is 0 Å². The number of hydrogen-bond acceptors (Lipinski definition) is 3. The molecule has 1 aromatic rings. The molecule has 2 N–H and O–H groups in total. The number of amidine groups is 1. The van der Waals surface area contributed by atoms with Crippen molar-refractivity contribution < 1.29 is 22.4 Å². The topological polar surface area (TPSA) is 71.0 Å². The van der Waals surface area contributed by atoms with Crippen LogP contribution in [0.5, 0.6) is 0 Å². The first-order chi connectivity index (χ1) is 12.3. The summed E-state index contributed by atoms with van der Waals surface area (Å²) in [6.07, 6.45) is 1.98. The minimum atomic E-state index is -3.20. The van der Waals surface area contributed by atoms with Gasteiger partial charge < -0.3 is 10.6 Å². The Hall–Kier alpha value is -2.55. The summed E-state index contributed by atoms with van der Waals surface area (Å²) in [4.78, 5) is 21.3. The number of nitrogens with zero attached hydrogens (tertiary/aromatic N) is 3. The second kappa shape index (κ2) is 7.77. The van der Waals surface area contributed by atoms with E-state index in [-0.39, 0.29) is 17.9 Å². The van der Waals surface area contributed by atoms with Crippen molar-refractivity contribution in [3.63, 3.8) is 0 Å². The number of amides is 1. The quantitative estimate of drug-likeness (QED) is 0.502. The van der Waals surface area contributed by atoms with Crippen LogP contribution in [0, 0.1) is 11.6 Å². The van der Waals surface area contributed by atoms with Crippen LogP contribution in [0.3, 0.4) is 0 Å². The molecule has 26 heavy (non-hydrogen) atoms. The number of alkyl halides is 2. The Morgan fingerprint density at radius 3 is 2.73 bits per heavy atom. The number of carbonyl (C=O) groups excluding carboxylic acids is 1. The fourth-order valence-corrected chi connectivity index (χ4v) is 2.82. The molecular formula is C17H18F4N4O. The van der Waals surface area contributed by atoms with Crippen molar-refractivity contribution >= 4 is 18.0 Å². The number of benzene rings is 1. The van der Waals surface area contributed by atoms with Crippen LogP contribution >= 0.6 is 0 Å². The van der Waals surface area contributed by atoms with Crippen molar-refractivity contribution in [3.8, 4) is 0 Å². The molecule has 1 heterocycles. The van der Waals surface area contributed by atoms with E-state index in [0.717, 1.165) is 17.0 Å². The van der Waals surface area contributed by atoms with Gasteiger partial charge in [-0.1, -0.05) is 12.7 Å². The lowest BCUT2D eigenvalue weighted by Gasteiger charge is -2.27. The van der Waals surface area contributed by atoms with Crippen LogP contribution < -0.4 is 5.73 Å². The van der Waals surface area contributed by atoms with Crippen molar-refractivity contribution in [2.45, 2.75) is 18.4 Å². The molecular weight excluding hydrogens is 352 g/mol. The van der Waals surface area contributed by atoms with E-state index in [4.69, 9.17) is 5.73 Å². The lowest BCUT2D eigenvalue weighted by molar-refractivity contribution is -0.0262. The first-order valence-electron chi connectivity index (χ1n) is 7.77. The van der Waals surface area contributed by atoms with E-state index in [0.29, 0.717) is 0 Å². The predicted octanol–water partition coefficient (Wildman–Crippen LogP) is 2.41. The van der Waals surface area contributed by atoms with Crippen LogP contribution in [0.4, 0.5) is 17.6 Å². The van der Waals surface area contributed by atoms with Gasteiger partial charge in [-0.2, -0.15) is 0 Å². The monoisotopic (exact) mass is 370 g/mol. The van der Waals surface area contributed by atoms with Crippen LogP contribution in [-0.2, 0) is 0 Å². The molecule has 0 spiro atoms. The average molecular weight is 370 g/mol. The highest BCUT2D eigenvalue weighted by Crippen LogP contribution is 2.35. The van der Waals surface area contributed by atoms with Crippen molar-refractivity contribution in [2.24, 2.45) is 15.7 Å². The maximum absolute atomic E-state index is 14.4. The molecule has 1 aliphatic rings. The van der Waals surface area contributed by atoms with Gasteiger partial charge in [-0.05, 0) is 12.1 Å². The molecule has 0 radical (unpaired) electrons. The molecule has 1 saturated heterocycles. The number of allylic oxidation sites excluding steroid dienone is 1. The Bertz CT molecular complexity index is 776. The van der Waals surface area contributed by atoms with Gasteiger partial charge in [0.15, 0.2) is 17.5 Å². The van der Waals surface area contributed by atoms with Crippen molar-refractivity contribution in [2.75, 3.05) is 20.1 Å². The molecule has 1 aromatic carbocycles. The SMILES string of the molecule is C=CC=NC(=NC)c1ccc(F)c(F)c1C(=O)N1CCC(F)(F)C1CN. The molecule has 140 valence electrons. The molecule has 2 rings (SSSR count). The van der Waals surface area contributed by atoms with E-state index >= 15 is 0 Å². The third-order valence-corrected chi connectivity index (χ3v) is 4.10.